The molecular formula is C21H33IN2O. The van der Waals surface area contributed by atoms with Gasteiger partial charge in [-0.05, 0) is 37.1 Å². The van der Waals surface area contributed by atoms with Gasteiger partial charge in [0.2, 0.25) is 6.33 Å². The van der Waals surface area contributed by atoms with Crippen molar-refractivity contribution in [1.29, 1.82) is 0 Å². The van der Waals surface area contributed by atoms with Crippen molar-refractivity contribution >= 4 is 0 Å². The molecule has 1 aromatic carbocycles. The van der Waals surface area contributed by atoms with Gasteiger partial charge in [-0.25, -0.2) is 9.13 Å². The molecule has 0 fully saturated rings. The van der Waals surface area contributed by atoms with Crippen LogP contribution in [0.3, 0.4) is 0 Å². The normalized spacial score (nSPS) is 10.5. The monoisotopic (exact) mass is 456 g/mol. The van der Waals surface area contributed by atoms with Crippen molar-refractivity contribution in [2.24, 2.45) is 0 Å². The Kier molecular flexibility index (Phi) is 11.6. The zero-order chi connectivity index (χ0) is 17.0. The van der Waals surface area contributed by atoms with Crippen molar-refractivity contribution in [2.45, 2.75) is 71.3 Å². The molecule has 0 bridgehead atoms. The highest BCUT2D eigenvalue weighted by Crippen LogP contribution is 2.14. The van der Waals surface area contributed by atoms with Crippen molar-refractivity contribution in [3.05, 3.63) is 43.0 Å². The second kappa shape index (κ2) is 13.2. The van der Waals surface area contributed by atoms with Gasteiger partial charge in [-0.1, -0.05) is 51.9 Å². The third-order valence-electron chi connectivity index (χ3n) is 4.58. The van der Waals surface area contributed by atoms with Gasteiger partial charge in [-0.2, -0.15) is 0 Å². The molecule has 4 heteroatoms. The first-order valence-electron chi connectivity index (χ1n) is 9.55. The first kappa shape index (κ1) is 22.0. The number of hydrogen-bond acceptors (Lipinski definition) is 1. The first-order chi connectivity index (χ1) is 11.8. The molecule has 0 unspecified atom stereocenters. The van der Waals surface area contributed by atoms with E-state index in [9.17, 15) is 0 Å². The topological polar surface area (TPSA) is 18.0 Å². The van der Waals surface area contributed by atoms with Gasteiger partial charge in [-0.3, -0.25) is 0 Å². The molecule has 1 aromatic heterocycles. The van der Waals surface area contributed by atoms with E-state index >= 15 is 0 Å². The number of benzene rings is 1. The summed E-state index contributed by atoms with van der Waals surface area (Å²) in [5.74, 6) is 0.897. The lowest BCUT2D eigenvalue weighted by Gasteiger charge is -2.01. The quantitative estimate of drug-likeness (QED) is 0.272. The number of hydrogen-bond donors (Lipinski definition) is 0. The maximum atomic E-state index is 5.21. The number of aryl methyl sites for hydroxylation is 1. The van der Waals surface area contributed by atoms with Crippen molar-refractivity contribution in [3.63, 3.8) is 0 Å². The molecule has 1 heterocycles. The van der Waals surface area contributed by atoms with Crippen LogP contribution in [0.1, 0.15) is 64.7 Å². The molecule has 0 radical (unpaired) electrons. The minimum absolute atomic E-state index is 0. The molecule has 0 atom stereocenters. The minimum atomic E-state index is 0. The third kappa shape index (κ3) is 8.25. The van der Waals surface area contributed by atoms with Crippen LogP contribution in [0.4, 0.5) is 0 Å². The zero-order valence-corrected chi connectivity index (χ0v) is 18.0. The molecule has 0 N–H and O–H groups in total. The number of rotatable bonds is 12. The molecule has 2 aromatic rings. The predicted molar refractivity (Wildman–Crippen MR) is 99.7 cm³/mol. The van der Waals surface area contributed by atoms with E-state index in [0.29, 0.717) is 0 Å². The van der Waals surface area contributed by atoms with Crippen LogP contribution in [0.2, 0.25) is 0 Å². The third-order valence-corrected chi connectivity index (χ3v) is 4.58. The smallest absolute Gasteiger partial charge is 0.248 e. The molecule has 2 rings (SSSR count). The van der Waals surface area contributed by atoms with Crippen LogP contribution in [-0.4, -0.2) is 11.7 Å². The Morgan fingerprint density at radius 3 is 2.08 bits per heavy atom. The summed E-state index contributed by atoms with van der Waals surface area (Å²) in [6.45, 7) is 3.39. The van der Waals surface area contributed by atoms with E-state index in [-0.39, 0.29) is 24.0 Å². The Morgan fingerprint density at radius 1 is 0.880 bits per heavy atom. The number of nitrogens with zero attached hydrogens (tertiary/aromatic N) is 2. The van der Waals surface area contributed by atoms with Crippen LogP contribution in [0.5, 0.6) is 5.75 Å². The molecule has 0 amide bonds. The summed E-state index contributed by atoms with van der Waals surface area (Å²) in [7, 11) is 1.70. The molecule has 3 nitrogen and oxygen atoms in total. The average Bonchev–Trinajstić information content (AvgIpc) is 3.09. The second-order valence-corrected chi connectivity index (χ2v) is 6.59. The maximum absolute atomic E-state index is 5.21. The zero-order valence-electron chi connectivity index (χ0n) is 15.8. The Balaban J connectivity index is 0.00000312. The van der Waals surface area contributed by atoms with Crippen molar-refractivity contribution in [3.8, 4) is 11.4 Å². The van der Waals surface area contributed by atoms with Gasteiger partial charge in [0.15, 0.2) is 0 Å². The summed E-state index contributed by atoms with van der Waals surface area (Å²) >= 11 is 0. The number of methoxy groups -OCH3 is 1. The first-order valence-corrected chi connectivity index (χ1v) is 9.55. The minimum Gasteiger partial charge on any atom is -1.00 e. The number of aromatic nitrogens is 2. The molecule has 0 aliphatic rings. The molecule has 0 saturated carbocycles. The van der Waals surface area contributed by atoms with E-state index in [0.717, 1.165) is 12.3 Å². The van der Waals surface area contributed by atoms with Crippen LogP contribution in [-0.2, 0) is 6.54 Å². The summed E-state index contributed by atoms with van der Waals surface area (Å²) in [5, 5.41) is 0. The Morgan fingerprint density at radius 2 is 1.48 bits per heavy atom. The molecule has 25 heavy (non-hydrogen) atoms. The van der Waals surface area contributed by atoms with E-state index in [1.807, 2.05) is 12.1 Å². The average molecular weight is 456 g/mol. The summed E-state index contributed by atoms with van der Waals surface area (Å²) in [6.07, 6.45) is 18.9. The number of ether oxygens (including phenoxy) is 1. The van der Waals surface area contributed by atoms with Crippen LogP contribution in [0.25, 0.3) is 5.69 Å². The highest BCUT2D eigenvalue weighted by Gasteiger charge is 2.06. The van der Waals surface area contributed by atoms with E-state index in [1.54, 1.807) is 7.11 Å². The van der Waals surface area contributed by atoms with Crippen LogP contribution >= 0.6 is 0 Å². The second-order valence-electron chi connectivity index (χ2n) is 6.59. The largest absolute Gasteiger partial charge is 1.00 e. The number of halogens is 1. The Hall–Kier alpha value is -1.04. The van der Waals surface area contributed by atoms with Gasteiger partial charge in [0.25, 0.3) is 0 Å². The van der Waals surface area contributed by atoms with Crippen molar-refractivity contribution < 1.29 is 33.3 Å². The Labute approximate surface area is 170 Å². The highest BCUT2D eigenvalue weighted by molar-refractivity contribution is 5.36. The lowest BCUT2D eigenvalue weighted by molar-refractivity contribution is -0.696. The summed E-state index contributed by atoms with van der Waals surface area (Å²) in [4.78, 5) is 0. The van der Waals surface area contributed by atoms with Gasteiger partial charge >= 0.3 is 0 Å². The lowest BCUT2D eigenvalue weighted by atomic mass is 10.1. The predicted octanol–water partition coefficient (Wildman–Crippen LogP) is 2.31. The molecule has 140 valence electrons. The molecular weight excluding hydrogens is 423 g/mol. The van der Waals surface area contributed by atoms with E-state index in [2.05, 4.69) is 46.9 Å². The fraction of sp³-hybridized carbons (Fsp3) is 0.571. The molecule has 0 saturated heterocycles. The Bertz CT molecular complexity index is 566. The van der Waals surface area contributed by atoms with E-state index in [4.69, 9.17) is 4.74 Å². The van der Waals surface area contributed by atoms with Gasteiger partial charge in [-0.15, -0.1) is 0 Å². The highest BCUT2D eigenvalue weighted by atomic mass is 127. The number of unbranched alkanes of at least 4 members (excludes halogenated alkanes) is 8. The van der Waals surface area contributed by atoms with Crippen LogP contribution in [0.15, 0.2) is 43.0 Å². The standard InChI is InChI=1S/C21H33N2O.HI/c1-3-4-5-6-7-8-9-10-11-16-22-17-18-23(19-22)20-12-14-21(24-2)15-13-20;/h12-15,17-19H,3-11,16H2,1-2H3;1H/q+1;/p-1. The fourth-order valence-corrected chi connectivity index (χ4v) is 3.04. The van der Waals surface area contributed by atoms with Crippen molar-refractivity contribution in [1.82, 2.24) is 4.57 Å². The van der Waals surface area contributed by atoms with Crippen LogP contribution in [0, 0.1) is 0 Å². The summed E-state index contributed by atoms with van der Waals surface area (Å²) < 4.78 is 9.65. The SMILES string of the molecule is CCCCCCCCCCC[n+]1ccn(-c2ccc(OC)cc2)c1.[I-]. The van der Waals surface area contributed by atoms with Gasteiger partial charge in [0, 0.05) is 0 Å². The fourth-order valence-electron chi connectivity index (χ4n) is 3.04. The lowest BCUT2D eigenvalue weighted by Crippen LogP contribution is -3.00. The van der Waals surface area contributed by atoms with Gasteiger partial charge in [0.1, 0.15) is 23.8 Å². The van der Waals surface area contributed by atoms with Gasteiger partial charge < -0.3 is 28.7 Å². The summed E-state index contributed by atoms with van der Waals surface area (Å²) in [5.41, 5.74) is 1.17. The van der Waals surface area contributed by atoms with E-state index < -0.39 is 0 Å². The maximum Gasteiger partial charge on any atom is 0.248 e. The van der Waals surface area contributed by atoms with Crippen molar-refractivity contribution in [2.75, 3.05) is 7.11 Å². The van der Waals surface area contributed by atoms with Crippen LogP contribution < -0.4 is 33.3 Å². The number of imidazole rings is 1. The van der Waals surface area contributed by atoms with Gasteiger partial charge in [0.05, 0.1) is 13.7 Å². The summed E-state index contributed by atoms with van der Waals surface area (Å²) in [6, 6.07) is 8.17. The van der Waals surface area contributed by atoms with E-state index in [1.165, 1.54) is 63.5 Å². The molecule has 0 spiro atoms. The molecule has 0 aliphatic heterocycles. The molecule has 0 aliphatic carbocycles.